The molecule has 1 aromatic carbocycles. The first-order chi connectivity index (χ1) is 11.8. The van der Waals surface area contributed by atoms with E-state index in [0.29, 0.717) is 18.0 Å². The molecule has 0 atom stereocenters. The molecule has 2 aromatic rings. The van der Waals surface area contributed by atoms with Gasteiger partial charge in [0.2, 0.25) is 0 Å². The molecule has 132 valence electrons. The summed E-state index contributed by atoms with van der Waals surface area (Å²) in [7, 11) is 1.81. The number of halogens is 1. The molecule has 1 aliphatic rings. The number of aromatic nitrogens is 3. The van der Waals surface area contributed by atoms with Crippen LogP contribution in [0.15, 0.2) is 35.6 Å². The molecule has 1 aliphatic heterocycles. The Hall–Kier alpha value is -2.15. The third kappa shape index (κ3) is 4.92. The molecule has 1 aromatic heterocycles. The summed E-state index contributed by atoms with van der Waals surface area (Å²) >= 11 is 0. The van der Waals surface area contributed by atoms with Gasteiger partial charge >= 0.3 is 0 Å². The molecule has 8 heteroatoms. The number of nitrogens with zero attached hydrogens (tertiary/aromatic N) is 5. The van der Waals surface area contributed by atoms with Crippen molar-refractivity contribution < 1.29 is 0 Å². The van der Waals surface area contributed by atoms with Crippen molar-refractivity contribution >= 4 is 29.9 Å². The molecule has 0 amide bonds. The molecule has 0 aliphatic carbocycles. The number of piperidine rings is 1. The summed E-state index contributed by atoms with van der Waals surface area (Å²) in [5.74, 6) is 2.34. The highest BCUT2D eigenvalue weighted by Gasteiger charge is 2.24. The van der Waals surface area contributed by atoms with E-state index in [1.165, 1.54) is 0 Å². The SMILES string of the molecule is CN=C(NCc1ccc(C#N)cc1)N1CCC(c2ncn[nH]2)CC1.I. The lowest BCUT2D eigenvalue weighted by Crippen LogP contribution is -2.45. The minimum atomic E-state index is 0. The molecule has 0 saturated carbocycles. The van der Waals surface area contributed by atoms with Crippen molar-refractivity contribution in [3.05, 3.63) is 47.5 Å². The van der Waals surface area contributed by atoms with Crippen LogP contribution in [-0.2, 0) is 6.54 Å². The van der Waals surface area contributed by atoms with E-state index in [9.17, 15) is 0 Å². The lowest BCUT2D eigenvalue weighted by atomic mass is 9.96. The summed E-state index contributed by atoms with van der Waals surface area (Å²) in [6.07, 6.45) is 3.64. The topological polar surface area (TPSA) is 93.0 Å². The van der Waals surface area contributed by atoms with Crippen LogP contribution in [0.25, 0.3) is 0 Å². The molecule has 0 unspecified atom stereocenters. The van der Waals surface area contributed by atoms with Gasteiger partial charge in [-0.1, -0.05) is 12.1 Å². The first kappa shape index (κ1) is 19.2. The smallest absolute Gasteiger partial charge is 0.193 e. The van der Waals surface area contributed by atoms with E-state index >= 15 is 0 Å². The van der Waals surface area contributed by atoms with Crippen LogP contribution < -0.4 is 5.32 Å². The Morgan fingerprint density at radius 2 is 2.08 bits per heavy atom. The zero-order valence-electron chi connectivity index (χ0n) is 14.1. The molecule has 1 fully saturated rings. The minimum Gasteiger partial charge on any atom is -0.352 e. The lowest BCUT2D eigenvalue weighted by molar-refractivity contribution is 0.299. The maximum Gasteiger partial charge on any atom is 0.193 e. The van der Waals surface area contributed by atoms with Crippen LogP contribution >= 0.6 is 24.0 Å². The van der Waals surface area contributed by atoms with E-state index in [2.05, 4.69) is 36.5 Å². The van der Waals surface area contributed by atoms with Gasteiger partial charge in [0.05, 0.1) is 11.6 Å². The van der Waals surface area contributed by atoms with Gasteiger partial charge in [0.15, 0.2) is 5.96 Å². The van der Waals surface area contributed by atoms with Gasteiger partial charge in [-0.3, -0.25) is 10.1 Å². The number of nitriles is 1. The molecule has 2 heterocycles. The molecule has 3 rings (SSSR count). The Morgan fingerprint density at radius 1 is 1.36 bits per heavy atom. The number of likely N-dealkylation sites (tertiary alicyclic amines) is 1. The summed E-state index contributed by atoms with van der Waals surface area (Å²) in [5, 5.41) is 19.2. The quantitative estimate of drug-likeness (QED) is 0.424. The standard InChI is InChI=1S/C17H21N7.HI/c1-19-17(20-11-14-4-2-13(10-18)3-5-14)24-8-6-15(7-9-24)16-21-12-22-23-16;/h2-5,12,15H,6-9,11H2,1H3,(H,19,20)(H,21,22,23);1H. The number of guanidine groups is 1. The average Bonchev–Trinajstić information content (AvgIpc) is 3.18. The molecular formula is C17H22IN7. The summed E-state index contributed by atoms with van der Waals surface area (Å²) < 4.78 is 0. The van der Waals surface area contributed by atoms with Crippen LogP contribution in [0.4, 0.5) is 0 Å². The molecule has 0 bridgehead atoms. The van der Waals surface area contributed by atoms with Gasteiger partial charge in [0.1, 0.15) is 12.2 Å². The van der Waals surface area contributed by atoms with E-state index in [1.54, 1.807) is 6.33 Å². The fraction of sp³-hybridized carbons (Fsp3) is 0.412. The van der Waals surface area contributed by atoms with Crippen LogP contribution in [0.1, 0.15) is 35.7 Å². The van der Waals surface area contributed by atoms with Crippen LogP contribution in [0.3, 0.4) is 0 Å². The van der Waals surface area contributed by atoms with Gasteiger partial charge < -0.3 is 10.2 Å². The van der Waals surface area contributed by atoms with E-state index in [4.69, 9.17) is 5.26 Å². The first-order valence-electron chi connectivity index (χ1n) is 8.10. The van der Waals surface area contributed by atoms with Crippen LogP contribution in [0.2, 0.25) is 0 Å². The van der Waals surface area contributed by atoms with Crippen molar-refractivity contribution in [2.45, 2.75) is 25.3 Å². The second-order valence-corrected chi connectivity index (χ2v) is 5.84. The molecular weight excluding hydrogens is 429 g/mol. The predicted molar refractivity (Wildman–Crippen MR) is 107 cm³/mol. The Bertz CT molecular complexity index is 710. The summed E-state index contributed by atoms with van der Waals surface area (Å²) in [5.41, 5.74) is 1.81. The van der Waals surface area contributed by atoms with Crippen molar-refractivity contribution in [3.8, 4) is 6.07 Å². The monoisotopic (exact) mass is 451 g/mol. The third-order valence-corrected chi connectivity index (χ3v) is 4.36. The van der Waals surface area contributed by atoms with Gasteiger partial charge in [0, 0.05) is 32.6 Å². The van der Waals surface area contributed by atoms with Crippen molar-refractivity contribution in [3.63, 3.8) is 0 Å². The Morgan fingerprint density at radius 3 is 2.64 bits per heavy atom. The van der Waals surface area contributed by atoms with E-state index in [-0.39, 0.29) is 24.0 Å². The Balaban J connectivity index is 0.00000225. The second kappa shape index (κ2) is 9.36. The zero-order chi connectivity index (χ0) is 16.8. The third-order valence-electron chi connectivity index (χ3n) is 4.36. The maximum atomic E-state index is 8.84. The van der Waals surface area contributed by atoms with Crippen LogP contribution in [0.5, 0.6) is 0 Å². The summed E-state index contributed by atoms with van der Waals surface area (Å²) in [6.45, 7) is 2.58. The number of aromatic amines is 1. The number of benzene rings is 1. The number of H-pyrrole nitrogens is 1. The number of rotatable bonds is 3. The van der Waals surface area contributed by atoms with Gasteiger partial charge in [-0.05, 0) is 30.5 Å². The Labute approximate surface area is 164 Å². The van der Waals surface area contributed by atoms with Crippen molar-refractivity contribution in [1.82, 2.24) is 25.4 Å². The lowest BCUT2D eigenvalue weighted by Gasteiger charge is -2.33. The first-order valence-corrected chi connectivity index (χ1v) is 8.10. The van der Waals surface area contributed by atoms with Crippen LogP contribution in [-0.4, -0.2) is 46.2 Å². The van der Waals surface area contributed by atoms with Crippen molar-refractivity contribution in [2.75, 3.05) is 20.1 Å². The minimum absolute atomic E-state index is 0. The van der Waals surface area contributed by atoms with E-state index in [0.717, 1.165) is 43.3 Å². The van der Waals surface area contributed by atoms with Gasteiger partial charge in [-0.25, -0.2) is 4.98 Å². The molecule has 25 heavy (non-hydrogen) atoms. The largest absolute Gasteiger partial charge is 0.352 e. The van der Waals surface area contributed by atoms with Crippen molar-refractivity contribution in [2.24, 2.45) is 4.99 Å². The summed E-state index contributed by atoms with van der Waals surface area (Å²) in [4.78, 5) is 10.9. The fourth-order valence-electron chi connectivity index (χ4n) is 2.99. The fourth-order valence-corrected chi connectivity index (χ4v) is 2.99. The molecule has 0 radical (unpaired) electrons. The highest BCUT2D eigenvalue weighted by atomic mass is 127. The van der Waals surface area contributed by atoms with Gasteiger partial charge in [-0.15, -0.1) is 24.0 Å². The number of hydrogen-bond acceptors (Lipinski definition) is 4. The number of hydrogen-bond donors (Lipinski definition) is 2. The van der Waals surface area contributed by atoms with E-state index in [1.807, 2.05) is 31.3 Å². The normalized spacial score (nSPS) is 15.4. The van der Waals surface area contributed by atoms with E-state index < -0.39 is 0 Å². The maximum absolute atomic E-state index is 8.84. The second-order valence-electron chi connectivity index (χ2n) is 5.84. The average molecular weight is 451 g/mol. The van der Waals surface area contributed by atoms with Gasteiger partial charge in [0.25, 0.3) is 0 Å². The highest BCUT2D eigenvalue weighted by Crippen LogP contribution is 2.24. The summed E-state index contributed by atoms with van der Waals surface area (Å²) in [6, 6.07) is 9.74. The molecule has 2 N–H and O–H groups in total. The molecule has 7 nitrogen and oxygen atoms in total. The van der Waals surface area contributed by atoms with Crippen molar-refractivity contribution in [1.29, 1.82) is 5.26 Å². The molecule has 0 spiro atoms. The number of aliphatic imine (C=N–C) groups is 1. The van der Waals surface area contributed by atoms with Gasteiger partial charge in [-0.2, -0.15) is 10.4 Å². The van der Waals surface area contributed by atoms with Crippen LogP contribution in [0, 0.1) is 11.3 Å². The zero-order valence-corrected chi connectivity index (χ0v) is 16.5. The number of nitrogens with one attached hydrogen (secondary N) is 2. The predicted octanol–water partition coefficient (Wildman–Crippen LogP) is 2.25. The molecule has 1 saturated heterocycles. The highest BCUT2D eigenvalue weighted by molar-refractivity contribution is 14.0. The Kier molecular flexibility index (Phi) is 7.18.